The van der Waals surface area contributed by atoms with Crippen molar-refractivity contribution in [2.45, 2.75) is 13.8 Å². The Morgan fingerprint density at radius 3 is 2.50 bits per heavy atom. The number of carbonyl (C=O) groups is 1. The summed E-state index contributed by atoms with van der Waals surface area (Å²) in [6, 6.07) is 0. The zero-order valence-corrected chi connectivity index (χ0v) is 7.50. The number of amides is 1. The van der Waals surface area contributed by atoms with E-state index in [4.69, 9.17) is 11.5 Å². The molecule has 0 aromatic carbocycles. The van der Waals surface area contributed by atoms with Crippen molar-refractivity contribution in [3.8, 4) is 0 Å². The molecule has 0 bridgehead atoms. The van der Waals surface area contributed by atoms with Crippen molar-refractivity contribution in [1.82, 2.24) is 5.32 Å². The van der Waals surface area contributed by atoms with Crippen LogP contribution in [0.1, 0.15) is 13.8 Å². The van der Waals surface area contributed by atoms with Gasteiger partial charge in [-0.05, 0) is 5.92 Å². The Balaban J connectivity index is 3.63. The van der Waals surface area contributed by atoms with Crippen LogP contribution in [0.15, 0.2) is 4.99 Å². The smallest absolute Gasteiger partial charge is 0.239 e. The van der Waals surface area contributed by atoms with Crippen LogP contribution in [0.3, 0.4) is 0 Å². The van der Waals surface area contributed by atoms with Gasteiger partial charge in [0.2, 0.25) is 5.91 Å². The maximum absolute atomic E-state index is 10.3. The standard InChI is InChI=1S/C7H16N4O/c1-5(2)3-10-7(9)11-4-6(8)12/h5H,3-4H2,1-2H3,(H2,8,12)(H3,9,10,11). The lowest BCUT2D eigenvalue weighted by Crippen LogP contribution is -2.35. The van der Waals surface area contributed by atoms with Crippen molar-refractivity contribution in [3.05, 3.63) is 0 Å². The monoisotopic (exact) mass is 172 g/mol. The second-order valence-corrected chi connectivity index (χ2v) is 2.94. The van der Waals surface area contributed by atoms with E-state index in [0.717, 1.165) is 6.54 Å². The molecule has 0 saturated heterocycles. The van der Waals surface area contributed by atoms with E-state index in [0.29, 0.717) is 5.92 Å². The molecule has 5 N–H and O–H groups in total. The molecule has 0 unspecified atom stereocenters. The van der Waals surface area contributed by atoms with Gasteiger partial charge in [-0.15, -0.1) is 0 Å². The minimum atomic E-state index is -0.482. The fraction of sp³-hybridized carbons (Fsp3) is 0.714. The van der Waals surface area contributed by atoms with Crippen molar-refractivity contribution in [2.24, 2.45) is 22.4 Å². The summed E-state index contributed by atoms with van der Waals surface area (Å²) in [5.41, 5.74) is 10.3. The van der Waals surface area contributed by atoms with Crippen LogP contribution in [0.25, 0.3) is 0 Å². The van der Waals surface area contributed by atoms with E-state index >= 15 is 0 Å². The molecule has 0 rings (SSSR count). The predicted molar refractivity (Wildman–Crippen MR) is 48.5 cm³/mol. The first-order valence-electron chi connectivity index (χ1n) is 3.84. The van der Waals surface area contributed by atoms with Crippen molar-refractivity contribution >= 4 is 11.9 Å². The molecule has 0 aliphatic rings. The molecule has 0 atom stereocenters. The molecular formula is C7H16N4O. The van der Waals surface area contributed by atoms with Gasteiger partial charge in [-0.1, -0.05) is 13.8 Å². The first kappa shape index (κ1) is 10.7. The third kappa shape index (κ3) is 6.85. The second-order valence-electron chi connectivity index (χ2n) is 2.94. The zero-order chi connectivity index (χ0) is 9.56. The van der Waals surface area contributed by atoms with Crippen LogP contribution in [-0.2, 0) is 4.79 Å². The maximum atomic E-state index is 10.3. The number of nitrogens with two attached hydrogens (primary N) is 2. The predicted octanol–water partition coefficient (Wildman–Crippen LogP) is -0.968. The van der Waals surface area contributed by atoms with Gasteiger partial charge in [0, 0.05) is 6.54 Å². The summed E-state index contributed by atoms with van der Waals surface area (Å²) < 4.78 is 0. The molecule has 1 amide bonds. The highest BCUT2D eigenvalue weighted by Gasteiger charge is 1.95. The Bertz CT molecular complexity index is 176. The van der Waals surface area contributed by atoms with Crippen LogP contribution in [0.4, 0.5) is 0 Å². The number of hydrogen-bond acceptors (Lipinski definition) is 2. The van der Waals surface area contributed by atoms with Crippen molar-refractivity contribution < 1.29 is 4.79 Å². The number of carbonyl (C=O) groups excluding carboxylic acids is 1. The highest BCUT2D eigenvalue weighted by molar-refractivity contribution is 5.82. The Kier molecular flexibility index (Phi) is 4.83. The van der Waals surface area contributed by atoms with Crippen LogP contribution >= 0.6 is 0 Å². The van der Waals surface area contributed by atoms with Crippen molar-refractivity contribution in [2.75, 3.05) is 13.1 Å². The number of hydrogen-bond donors (Lipinski definition) is 3. The molecule has 0 aromatic rings. The Morgan fingerprint density at radius 2 is 2.08 bits per heavy atom. The average molecular weight is 172 g/mol. The molecular weight excluding hydrogens is 156 g/mol. The summed E-state index contributed by atoms with van der Waals surface area (Å²) in [5, 5.41) is 2.86. The summed E-state index contributed by atoms with van der Waals surface area (Å²) in [6.07, 6.45) is 0. The minimum absolute atomic E-state index is 0.0586. The van der Waals surface area contributed by atoms with Gasteiger partial charge in [0.05, 0.1) is 0 Å². The topological polar surface area (TPSA) is 93.5 Å². The number of aliphatic imine (C=N–C) groups is 1. The number of rotatable bonds is 4. The van der Waals surface area contributed by atoms with Crippen molar-refractivity contribution in [3.63, 3.8) is 0 Å². The quantitative estimate of drug-likeness (QED) is 0.376. The molecule has 0 radical (unpaired) electrons. The van der Waals surface area contributed by atoms with E-state index in [2.05, 4.69) is 10.3 Å². The summed E-state index contributed by atoms with van der Waals surface area (Å²) in [6.45, 7) is 4.79. The molecule has 0 aliphatic heterocycles. The van der Waals surface area contributed by atoms with E-state index in [-0.39, 0.29) is 12.5 Å². The molecule has 5 nitrogen and oxygen atoms in total. The summed E-state index contributed by atoms with van der Waals surface area (Å²) in [7, 11) is 0. The fourth-order valence-electron chi connectivity index (χ4n) is 0.528. The molecule has 0 heterocycles. The minimum Gasteiger partial charge on any atom is -0.370 e. The SMILES string of the molecule is CC(C)CNC(N)=NCC(N)=O. The summed E-state index contributed by atoms with van der Waals surface area (Å²) in [5.74, 6) is 0.277. The zero-order valence-electron chi connectivity index (χ0n) is 7.50. The summed E-state index contributed by atoms with van der Waals surface area (Å²) >= 11 is 0. The Hall–Kier alpha value is -1.26. The van der Waals surface area contributed by atoms with Gasteiger partial charge in [0.1, 0.15) is 6.54 Å². The van der Waals surface area contributed by atoms with E-state index in [1.54, 1.807) is 0 Å². The lowest BCUT2D eigenvalue weighted by atomic mass is 10.2. The van der Waals surface area contributed by atoms with Gasteiger partial charge in [-0.2, -0.15) is 0 Å². The number of nitrogens with one attached hydrogen (secondary N) is 1. The Labute approximate surface area is 72.2 Å². The average Bonchev–Trinajstić information content (AvgIpc) is 1.96. The van der Waals surface area contributed by atoms with E-state index < -0.39 is 5.91 Å². The number of primary amides is 1. The van der Waals surface area contributed by atoms with Gasteiger partial charge in [-0.25, -0.2) is 4.99 Å². The third-order valence-electron chi connectivity index (χ3n) is 1.10. The van der Waals surface area contributed by atoms with Crippen LogP contribution in [0.5, 0.6) is 0 Å². The van der Waals surface area contributed by atoms with Crippen LogP contribution in [-0.4, -0.2) is 25.0 Å². The van der Waals surface area contributed by atoms with Crippen LogP contribution in [0.2, 0.25) is 0 Å². The van der Waals surface area contributed by atoms with Crippen LogP contribution in [0, 0.1) is 5.92 Å². The maximum Gasteiger partial charge on any atom is 0.239 e. The molecule has 5 heteroatoms. The van der Waals surface area contributed by atoms with Gasteiger partial charge < -0.3 is 16.8 Å². The van der Waals surface area contributed by atoms with Gasteiger partial charge in [-0.3, -0.25) is 4.79 Å². The second kappa shape index (κ2) is 5.40. The lowest BCUT2D eigenvalue weighted by molar-refractivity contribution is -0.116. The van der Waals surface area contributed by atoms with Gasteiger partial charge in [0.25, 0.3) is 0 Å². The molecule has 0 spiro atoms. The van der Waals surface area contributed by atoms with E-state index in [1.807, 2.05) is 13.8 Å². The van der Waals surface area contributed by atoms with E-state index in [1.165, 1.54) is 0 Å². The lowest BCUT2D eigenvalue weighted by Gasteiger charge is -2.06. The number of nitrogens with zero attached hydrogens (tertiary/aromatic N) is 1. The fourth-order valence-corrected chi connectivity index (χ4v) is 0.528. The molecule has 0 saturated carbocycles. The van der Waals surface area contributed by atoms with Crippen molar-refractivity contribution in [1.29, 1.82) is 0 Å². The highest BCUT2D eigenvalue weighted by atomic mass is 16.1. The third-order valence-corrected chi connectivity index (χ3v) is 1.10. The summed E-state index contributed by atoms with van der Waals surface area (Å²) in [4.78, 5) is 14.0. The van der Waals surface area contributed by atoms with Gasteiger partial charge in [0.15, 0.2) is 5.96 Å². The Morgan fingerprint density at radius 1 is 1.50 bits per heavy atom. The first-order valence-corrected chi connectivity index (χ1v) is 3.84. The van der Waals surface area contributed by atoms with Gasteiger partial charge >= 0.3 is 0 Å². The highest BCUT2D eigenvalue weighted by Crippen LogP contribution is 1.85. The van der Waals surface area contributed by atoms with E-state index in [9.17, 15) is 4.79 Å². The van der Waals surface area contributed by atoms with Crippen LogP contribution < -0.4 is 16.8 Å². The molecule has 12 heavy (non-hydrogen) atoms. The molecule has 0 fully saturated rings. The normalized spacial score (nSPS) is 11.8. The molecule has 70 valence electrons. The molecule has 0 aromatic heterocycles. The largest absolute Gasteiger partial charge is 0.370 e. The molecule has 0 aliphatic carbocycles. The first-order chi connectivity index (χ1) is 5.52. The number of guanidine groups is 1.